The van der Waals surface area contributed by atoms with Gasteiger partial charge in [-0.05, 0) is 42.8 Å². The van der Waals surface area contributed by atoms with Crippen molar-refractivity contribution < 1.29 is 23.9 Å². The molecule has 0 radical (unpaired) electrons. The molecule has 29 heavy (non-hydrogen) atoms. The fourth-order valence-electron chi connectivity index (χ4n) is 3.45. The SMILES string of the molecule is O=C(O)c1cccc(NC(=O)c2cc3c([nH]c2=O)C[C@H](c2ccco2)CC3=O)c1. The molecule has 2 heterocycles. The average Bonchev–Trinajstić information content (AvgIpc) is 3.22. The summed E-state index contributed by atoms with van der Waals surface area (Å²) in [6.07, 6.45) is 2.17. The minimum absolute atomic E-state index is 0.00120. The number of H-pyrrole nitrogens is 1. The molecule has 1 aromatic carbocycles. The highest BCUT2D eigenvalue weighted by Crippen LogP contribution is 2.31. The van der Waals surface area contributed by atoms with E-state index in [1.54, 1.807) is 12.1 Å². The summed E-state index contributed by atoms with van der Waals surface area (Å²) in [6.45, 7) is 0. The minimum Gasteiger partial charge on any atom is -0.478 e. The van der Waals surface area contributed by atoms with E-state index in [9.17, 15) is 19.2 Å². The zero-order chi connectivity index (χ0) is 20.5. The number of aromatic carboxylic acids is 1. The number of carboxylic acids is 1. The molecule has 2 aromatic heterocycles. The number of carbonyl (C=O) groups excluding carboxylic acids is 2. The monoisotopic (exact) mass is 392 g/mol. The molecule has 1 aliphatic rings. The van der Waals surface area contributed by atoms with Gasteiger partial charge in [0.25, 0.3) is 11.5 Å². The number of ketones is 1. The number of aromatic amines is 1. The molecule has 0 spiro atoms. The van der Waals surface area contributed by atoms with Gasteiger partial charge in [0.2, 0.25) is 0 Å². The lowest BCUT2D eigenvalue weighted by Crippen LogP contribution is -2.29. The molecule has 0 bridgehead atoms. The van der Waals surface area contributed by atoms with E-state index >= 15 is 0 Å². The minimum atomic E-state index is -1.13. The first-order valence-corrected chi connectivity index (χ1v) is 8.90. The summed E-state index contributed by atoms with van der Waals surface area (Å²) >= 11 is 0. The van der Waals surface area contributed by atoms with Crippen molar-refractivity contribution >= 4 is 23.3 Å². The van der Waals surface area contributed by atoms with Gasteiger partial charge in [0, 0.05) is 29.3 Å². The maximum Gasteiger partial charge on any atom is 0.335 e. The van der Waals surface area contributed by atoms with Crippen LogP contribution in [-0.2, 0) is 6.42 Å². The van der Waals surface area contributed by atoms with Crippen molar-refractivity contribution in [3.05, 3.63) is 87.2 Å². The molecule has 0 aliphatic heterocycles. The van der Waals surface area contributed by atoms with Gasteiger partial charge in [-0.3, -0.25) is 14.4 Å². The van der Waals surface area contributed by atoms with Crippen molar-refractivity contribution in [2.75, 3.05) is 5.32 Å². The maximum atomic E-state index is 12.6. The van der Waals surface area contributed by atoms with Crippen LogP contribution in [0.15, 0.2) is 57.9 Å². The average molecular weight is 392 g/mol. The molecule has 0 unspecified atom stereocenters. The summed E-state index contributed by atoms with van der Waals surface area (Å²) in [7, 11) is 0. The molecule has 3 aromatic rings. The van der Waals surface area contributed by atoms with Gasteiger partial charge < -0.3 is 19.8 Å². The number of rotatable bonds is 4. The summed E-state index contributed by atoms with van der Waals surface area (Å²) in [5.74, 6) is -1.54. The van der Waals surface area contributed by atoms with Crippen molar-refractivity contribution in [2.24, 2.45) is 0 Å². The Bertz CT molecular complexity index is 1180. The first-order chi connectivity index (χ1) is 13.9. The summed E-state index contributed by atoms with van der Waals surface area (Å²) in [4.78, 5) is 51.3. The molecule has 3 N–H and O–H groups in total. The Morgan fingerprint density at radius 3 is 2.66 bits per heavy atom. The van der Waals surface area contributed by atoms with E-state index < -0.39 is 17.4 Å². The largest absolute Gasteiger partial charge is 0.478 e. The van der Waals surface area contributed by atoms with Gasteiger partial charge in [-0.2, -0.15) is 0 Å². The fraction of sp³-hybridized carbons (Fsp3) is 0.143. The van der Waals surface area contributed by atoms with Crippen molar-refractivity contribution in [3.63, 3.8) is 0 Å². The van der Waals surface area contributed by atoms with Gasteiger partial charge in [-0.25, -0.2) is 4.79 Å². The first-order valence-electron chi connectivity index (χ1n) is 8.90. The van der Waals surface area contributed by atoms with E-state index in [0.29, 0.717) is 23.4 Å². The molecule has 0 fully saturated rings. The zero-order valence-corrected chi connectivity index (χ0v) is 15.1. The van der Waals surface area contributed by atoms with Gasteiger partial charge >= 0.3 is 5.97 Å². The number of fused-ring (bicyclic) bond motifs is 1. The Labute approximate surface area is 164 Å². The van der Waals surface area contributed by atoms with Crippen LogP contribution in [0.1, 0.15) is 54.9 Å². The summed E-state index contributed by atoms with van der Waals surface area (Å²) in [6, 6.07) is 10.5. The highest BCUT2D eigenvalue weighted by atomic mass is 16.4. The van der Waals surface area contributed by atoms with Crippen LogP contribution in [-0.4, -0.2) is 27.8 Å². The van der Waals surface area contributed by atoms with Crippen molar-refractivity contribution in [3.8, 4) is 0 Å². The molecule has 146 valence electrons. The van der Waals surface area contributed by atoms with E-state index in [-0.39, 0.29) is 34.9 Å². The number of hydrogen-bond acceptors (Lipinski definition) is 5. The van der Waals surface area contributed by atoms with E-state index in [0.717, 1.165) is 0 Å². The highest BCUT2D eigenvalue weighted by Gasteiger charge is 2.30. The normalized spacial score (nSPS) is 15.6. The quantitative estimate of drug-likeness (QED) is 0.626. The third-order valence-electron chi connectivity index (χ3n) is 4.86. The van der Waals surface area contributed by atoms with Crippen molar-refractivity contribution in [1.29, 1.82) is 0 Å². The lowest BCUT2D eigenvalue weighted by atomic mass is 9.84. The van der Waals surface area contributed by atoms with Crippen LogP contribution >= 0.6 is 0 Å². The van der Waals surface area contributed by atoms with Crippen LogP contribution in [0.5, 0.6) is 0 Å². The summed E-state index contributed by atoms with van der Waals surface area (Å²) in [5.41, 5.74) is 0.171. The number of Topliss-reactive ketones (excluding diaryl/α,β-unsaturated/α-hetero) is 1. The summed E-state index contributed by atoms with van der Waals surface area (Å²) < 4.78 is 5.37. The number of carboxylic acid groups (broad SMARTS) is 1. The third-order valence-corrected chi connectivity index (χ3v) is 4.86. The number of anilines is 1. The molecule has 0 saturated carbocycles. The Kier molecular flexibility index (Phi) is 4.59. The first kappa shape index (κ1) is 18.4. The van der Waals surface area contributed by atoms with Crippen molar-refractivity contribution in [1.82, 2.24) is 4.98 Å². The lowest BCUT2D eigenvalue weighted by molar-refractivity contribution is 0.0696. The standard InChI is InChI=1S/C21H16N2O6/c24-17-9-12(18-5-2-6-29-18)8-16-14(17)10-15(20(26)23-16)19(25)22-13-4-1-3-11(7-13)21(27)28/h1-7,10,12H,8-9H2,(H,22,25)(H,23,26)(H,27,28)/t12-/m0/s1. The Balaban J connectivity index is 1.62. The predicted molar refractivity (Wildman–Crippen MR) is 103 cm³/mol. The number of benzene rings is 1. The Hall–Kier alpha value is -3.94. The molecule has 1 amide bonds. The van der Waals surface area contributed by atoms with Crippen molar-refractivity contribution in [2.45, 2.75) is 18.8 Å². The molecule has 1 atom stereocenters. The van der Waals surface area contributed by atoms with E-state index in [1.807, 2.05) is 0 Å². The Morgan fingerprint density at radius 1 is 1.10 bits per heavy atom. The second-order valence-electron chi connectivity index (χ2n) is 6.79. The maximum absolute atomic E-state index is 12.6. The van der Waals surface area contributed by atoms with Crippen LogP contribution in [0.25, 0.3) is 0 Å². The highest BCUT2D eigenvalue weighted by molar-refractivity contribution is 6.07. The number of nitrogens with one attached hydrogen (secondary N) is 2. The van der Waals surface area contributed by atoms with Crippen LogP contribution in [0.3, 0.4) is 0 Å². The molecule has 1 aliphatic carbocycles. The zero-order valence-electron chi connectivity index (χ0n) is 15.1. The van der Waals surface area contributed by atoms with Gasteiger partial charge in [-0.1, -0.05) is 6.07 Å². The fourth-order valence-corrected chi connectivity index (χ4v) is 3.45. The number of pyridine rings is 1. The van der Waals surface area contributed by atoms with Gasteiger partial charge in [0.1, 0.15) is 11.3 Å². The molecule has 8 nitrogen and oxygen atoms in total. The molecule has 4 rings (SSSR count). The van der Waals surface area contributed by atoms with Gasteiger partial charge in [-0.15, -0.1) is 0 Å². The van der Waals surface area contributed by atoms with E-state index in [4.69, 9.17) is 9.52 Å². The third kappa shape index (κ3) is 3.60. The number of carbonyl (C=O) groups is 3. The topological polar surface area (TPSA) is 129 Å². The summed E-state index contributed by atoms with van der Waals surface area (Å²) in [5, 5.41) is 11.5. The molecule has 8 heteroatoms. The van der Waals surface area contributed by atoms with Crippen LogP contribution in [0.2, 0.25) is 0 Å². The van der Waals surface area contributed by atoms with E-state index in [1.165, 1.54) is 36.6 Å². The number of hydrogen-bond donors (Lipinski definition) is 3. The van der Waals surface area contributed by atoms with E-state index in [2.05, 4.69) is 10.3 Å². The van der Waals surface area contributed by atoms with Crippen LogP contribution < -0.4 is 10.9 Å². The molecule has 0 saturated heterocycles. The molecular formula is C21H16N2O6. The number of aromatic nitrogens is 1. The number of furan rings is 1. The smallest absolute Gasteiger partial charge is 0.335 e. The van der Waals surface area contributed by atoms with Gasteiger partial charge in [0.05, 0.1) is 11.8 Å². The number of amides is 1. The second kappa shape index (κ2) is 7.23. The van der Waals surface area contributed by atoms with Crippen LogP contribution in [0.4, 0.5) is 5.69 Å². The predicted octanol–water partition coefficient (Wildman–Crippen LogP) is 2.83. The van der Waals surface area contributed by atoms with Gasteiger partial charge in [0.15, 0.2) is 5.78 Å². The Morgan fingerprint density at radius 2 is 1.93 bits per heavy atom. The molecular weight excluding hydrogens is 376 g/mol. The second-order valence-corrected chi connectivity index (χ2v) is 6.79. The lowest BCUT2D eigenvalue weighted by Gasteiger charge is -2.22. The van der Waals surface area contributed by atoms with Crippen LogP contribution in [0, 0.1) is 0 Å².